The molecule has 20 heavy (non-hydrogen) atoms. The van der Waals surface area contributed by atoms with Gasteiger partial charge in [0.15, 0.2) is 0 Å². The third-order valence-electron chi connectivity index (χ3n) is 3.23. The van der Waals surface area contributed by atoms with Crippen molar-refractivity contribution >= 4 is 39.6 Å². The highest BCUT2D eigenvalue weighted by Gasteiger charge is 2.09. The van der Waals surface area contributed by atoms with Crippen LogP contribution in [0.1, 0.15) is 5.56 Å². The first-order chi connectivity index (χ1) is 9.54. The smallest absolute Gasteiger partial charge is 0.129 e. The van der Waals surface area contributed by atoms with E-state index in [2.05, 4.69) is 73.6 Å². The molecule has 3 aromatic rings. The lowest BCUT2D eigenvalue weighted by molar-refractivity contribution is 1.37. The Balaban J connectivity index is 2.09. The van der Waals surface area contributed by atoms with Crippen molar-refractivity contribution in [3.63, 3.8) is 0 Å². The zero-order valence-electron chi connectivity index (χ0n) is 12.2. The molecule has 3 rings (SSSR count). The Labute approximate surface area is 125 Å². The van der Waals surface area contributed by atoms with E-state index in [4.69, 9.17) is 0 Å². The Morgan fingerprint density at radius 3 is 2.50 bits per heavy atom. The molecule has 0 N–H and O–H groups in total. The van der Waals surface area contributed by atoms with E-state index in [-0.39, 0.29) is 0 Å². The van der Waals surface area contributed by atoms with Gasteiger partial charge in [-0.1, -0.05) is 56.0 Å². The summed E-state index contributed by atoms with van der Waals surface area (Å²) < 4.78 is 2.77. The molecule has 100 valence electrons. The molecule has 0 aliphatic carbocycles. The summed E-state index contributed by atoms with van der Waals surface area (Å²) in [6.07, 6.45) is 0.869. The molecule has 0 unspecified atom stereocenters. The van der Waals surface area contributed by atoms with Crippen LogP contribution in [-0.2, 0) is 6.42 Å². The van der Waals surface area contributed by atoms with Gasteiger partial charge in [-0.3, -0.25) is 0 Å². The molecule has 0 saturated heterocycles. The zero-order valence-corrected chi connectivity index (χ0v) is 14.0. The van der Waals surface area contributed by atoms with Crippen molar-refractivity contribution in [1.82, 2.24) is 0 Å². The summed E-state index contributed by atoms with van der Waals surface area (Å²) in [5.74, 6) is 3.40. The van der Waals surface area contributed by atoms with Gasteiger partial charge in [0.1, 0.15) is 8.07 Å². The van der Waals surface area contributed by atoms with Crippen molar-refractivity contribution in [1.29, 1.82) is 0 Å². The molecular formula is C18H18SSi. The van der Waals surface area contributed by atoms with Crippen LogP contribution < -0.4 is 0 Å². The largest absolute Gasteiger partial charge is 0.135 e. The molecule has 0 atom stereocenters. The van der Waals surface area contributed by atoms with Crippen LogP contribution in [0.2, 0.25) is 19.6 Å². The van der Waals surface area contributed by atoms with Gasteiger partial charge < -0.3 is 0 Å². The maximum atomic E-state index is 3.46. The third kappa shape index (κ3) is 2.65. The fraction of sp³-hybridized carbons (Fsp3) is 0.222. The number of benzene rings is 2. The van der Waals surface area contributed by atoms with Gasteiger partial charge in [0.25, 0.3) is 0 Å². The van der Waals surface area contributed by atoms with Gasteiger partial charge in [0.05, 0.1) is 0 Å². The van der Waals surface area contributed by atoms with Crippen molar-refractivity contribution in [2.24, 2.45) is 0 Å². The Hall–Kier alpha value is -1.56. The van der Waals surface area contributed by atoms with Gasteiger partial charge >= 0.3 is 0 Å². The van der Waals surface area contributed by atoms with Crippen LogP contribution in [0.5, 0.6) is 0 Å². The van der Waals surface area contributed by atoms with E-state index in [1.165, 1.54) is 25.7 Å². The highest BCUT2D eigenvalue weighted by molar-refractivity contribution is 7.26. The molecule has 0 aliphatic rings. The standard InChI is InChI=1S/C18H18SSi/c1-20(2,3)13-7-9-14-8-6-11-16-15-10-4-5-12-17(15)19-18(14)16/h4-6,8,10-12H,9H2,1-3H3. The van der Waals surface area contributed by atoms with Crippen molar-refractivity contribution in [2.75, 3.05) is 0 Å². The Morgan fingerprint density at radius 1 is 0.950 bits per heavy atom. The van der Waals surface area contributed by atoms with Crippen LogP contribution in [0.4, 0.5) is 0 Å². The normalized spacial score (nSPS) is 11.6. The lowest BCUT2D eigenvalue weighted by atomic mass is 10.1. The molecule has 0 spiro atoms. The average molecular weight is 294 g/mol. The van der Waals surface area contributed by atoms with Gasteiger partial charge in [-0.25, -0.2) is 0 Å². The quantitative estimate of drug-likeness (QED) is 0.412. The molecule has 0 aliphatic heterocycles. The molecule has 0 nitrogen and oxygen atoms in total. The highest BCUT2D eigenvalue weighted by Crippen LogP contribution is 2.35. The predicted molar refractivity (Wildman–Crippen MR) is 94.2 cm³/mol. The molecule has 0 bridgehead atoms. The first-order valence-electron chi connectivity index (χ1n) is 6.94. The fourth-order valence-electron chi connectivity index (χ4n) is 2.35. The summed E-state index contributed by atoms with van der Waals surface area (Å²) in [5, 5.41) is 2.74. The molecule has 0 amide bonds. The molecule has 0 fully saturated rings. The van der Waals surface area contributed by atoms with Crippen LogP contribution in [0.3, 0.4) is 0 Å². The fourth-order valence-corrected chi connectivity index (χ4v) is 4.18. The molecule has 1 heterocycles. The van der Waals surface area contributed by atoms with Crippen molar-refractivity contribution in [3.8, 4) is 11.5 Å². The molecule has 0 radical (unpaired) electrons. The number of hydrogen-bond acceptors (Lipinski definition) is 1. The van der Waals surface area contributed by atoms with E-state index >= 15 is 0 Å². The molecular weight excluding hydrogens is 276 g/mol. The minimum atomic E-state index is -1.27. The third-order valence-corrected chi connectivity index (χ3v) is 5.42. The summed E-state index contributed by atoms with van der Waals surface area (Å²) in [4.78, 5) is 0. The van der Waals surface area contributed by atoms with Crippen molar-refractivity contribution < 1.29 is 0 Å². The van der Waals surface area contributed by atoms with Crippen LogP contribution >= 0.6 is 11.3 Å². The molecule has 0 saturated carbocycles. The number of thiophene rings is 1. The number of rotatable bonds is 1. The first kappa shape index (κ1) is 13.4. The molecule has 2 heteroatoms. The van der Waals surface area contributed by atoms with Gasteiger partial charge in [0.2, 0.25) is 0 Å². The van der Waals surface area contributed by atoms with E-state index in [0.29, 0.717) is 0 Å². The van der Waals surface area contributed by atoms with Crippen LogP contribution in [0.25, 0.3) is 20.2 Å². The summed E-state index contributed by atoms with van der Waals surface area (Å²) >= 11 is 1.89. The second kappa shape index (κ2) is 5.09. The summed E-state index contributed by atoms with van der Waals surface area (Å²) in [7, 11) is -1.27. The SMILES string of the molecule is C[Si](C)(C)C#CCc1cccc2c1sc1ccccc12. The summed E-state index contributed by atoms with van der Waals surface area (Å²) in [5.41, 5.74) is 4.83. The summed E-state index contributed by atoms with van der Waals surface area (Å²) in [6, 6.07) is 15.3. The maximum Gasteiger partial charge on any atom is 0.129 e. The van der Waals surface area contributed by atoms with Crippen LogP contribution in [-0.4, -0.2) is 8.07 Å². The van der Waals surface area contributed by atoms with E-state index in [1.54, 1.807) is 0 Å². The Morgan fingerprint density at radius 2 is 1.70 bits per heavy atom. The second-order valence-electron chi connectivity index (χ2n) is 6.12. The Kier molecular flexibility index (Phi) is 3.41. The highest BCUT2D eigenvalue weighted by atomic mass is 32.1. The second-order valence-corrected chi connectivity index (χ2v) is 11.9. The van der Waals surface area contributed by atoms with E-state index in [1.807, 2.05) is 11.3 Å². The molecule has 1 aromatic heterocycles. The first-order valence-corrected chi connectivity index (χ1v) is 11.3. The topological polar surface area (TPSA) is 0 Å². The van der Waals surface area contributed by atoms with Gasteiger partial charge in [0, 0.05) is 26.6 Å². The molecule has 2 aromatic carbocycles. The van der Waals surface area contributed by atoms with Crippen molar-refractivity contribution in [3.05, 3.63) is 48.0 Å². The van der Waals surface area contributed by atoms with Crippen LogP contribution in [0.15, 0.2) is 42.5 Å². The maximum absolute atomic E-state index is 3.46. The minimum Gasteiger partial charge on any atom is -0.135 e. The lowest BCUT2D eigenvalue weighted by Crippen LogP contribution is -2.16. The van der Waals surface area contributed by atoms with Crippen LogP contribution in [0, 0.1) is 11.5 Å². The van der Waals surface area contributed by atoms with E-state index in [9.17, 15) is 0 Å². The Bertz CT molecular complexity index is 825. The number of hydrogen-bond donors (Lipinski definition) is 0. The zero-order chi connectivity index (χ0) is 14.2. The van der Waals surface area contributed by atoms with Gasteiger partial charge in [-0.2, -0.15) is 0 Å². The average Bonchev–Trinajstić information content (AvgIpc) is 2.77. The predicted octanol–water partition coefficient (Wildman–Crippen LogP) is 5.48. The minimum absolute atomic E-state index is 0.869. The van der Waals surface area contributed by atoms with Crippen molar-refractivity contribution in [2.45, 2.75) is 26.1 Å². The van der Waals surface area contributed by atoms with E-state index in [0.717, 1.165) is 6.42 Å². The van der Waals surface area contributed by atoms with E-state index < -0.39 is 8.07 Å². The van der Waals surface area contributed by atoms with Gasteiger partial charge in [-0.05, 0) is 11.6 Å². The van der Waals surface area contributed by atoms with Gasteiger partial charge in [-0.15, -0.1) is 22.8 Å². The summed E-state index contributed by atoms with van der Waals surface area (Å²) in [6.45, 7) is 6.88. The number of fused-ring (bicyclic) bond motifs is 3. The monoisotopic (exact) mass is 294 g/mol. The lowest BCUT2D eigenvalue weighted by Gasteiger charge is -2.03.